The largest absolute Gasteiger partial charge is 0.396 e. The van der Waals surface area contributed by atoms with Crippen LogP contribution in [0.15, 0.2) is 79.3 Å². The fourth-order valence-electron chi connectivity index (χ4n) is 5.19. The number of rotatable bonds is 10. The number of para-hydroxylation sites is 2. The molecule has 1 aliphatic heterocycles. The Balaban J connectivity index is 1.47. The van der Waals surface area contributed by atoms with E-state index in [1.807, 2.05) is 76.1 Å². The molecule has 9 heteroatoms. The topological polar surface area (TPSA) is 114 Å². The Morgan fingerprint density at radius 1 is 0.846 bits per heavy atom. The molecule has 6 rings (SSSR count). The highest BCUT2D eigenvalue weighted by atomic mass is 16.3. The molecule has 0 saturated carbocycles. The predicted molar refractivity (Wildman–Crippen MR) is 150 cm³/mol. The minimum atomic E-state index is -0.450. The van der Waals surface area contributed by atoms with Crippen LogP contribution in [0, 0.1) is 0 Å². The standard InChI is InChI=1S/C30H28N6O3/c37-17-7-15-31-14-6-16-36-25-12-4-2-10-22(25)28(34-36)27-26(29(38)33-30(27)39)23-19-35(20-8-5-13-32-18-20)24-11-3-1-9-21(23)24/h1-5,8-13,18-19,31,37H,6-7,14-17H2,(H,33,38,39). The Bertz CT molecular complexity index is 1720. The van der Waals surface area contributed by atoms with Crippen molar-refractivity contribution in [2.24, 2.45) is 0 Å². The maximum Gasteiger partial charge on any atom is 0.261 e. The van der Waals surface area contributed by atoms with Crippen molar-refractivity contribution in [1.29, 1.82) is 0 Å². The van der Waals surface area contributed by atoms with Gasteiger partial charge in [-0.1, -0.05) is 36.4 Å². The van der Waals surface area contributed by atoms with E-state index < -0.39 is 11.8 Å². The summed E-state index contributed by atoms with van der Waals surface area (Å²) in [7, 11) is 0. The van der Waals surface area contributed by atoms with Crippen LogP contribution in [-0.4, -0.2) is 55.9 Å². The van der Waals surface area contributed by atoms with Gasteiger partial charge in [-0.15, -0.1) is 0 Å². The van der Waals surface area contributed by atoms with E-state index in [4.69, 9.17) is 10.2 Å². The molecular formula is C30H28N6O3. The SMILES string of the molecule is O=C1NC(=O)C(c2nn(CCCNCCCO)c3ccccc23)=C1c1cn(-c2cccnc2)c2ccccc12. The first-order valence-electron chi connectivity index (χ1n) is 13.1. The lowest BCUT2D eigenvalue weighted by Gasteiger charge is -2.05. The normalized spacial score (nSPS) is 13.7. The molecule has 0 atom stereocenters. The van der Waals surface area contributed by atoms with E-state index in [1.54, 1.807) is 12.4 Å². The van der Waals surface area contributed by atoms with Crippen molar-refractivity contribution in [3.8, 4) is 5.69 Å². The van der Waals surface area contributed by atoms with Crippen molar-refractivity contribution >= 4 is 44.8 Å². The van der Waals surface area contributed by atoms with Gasteiger partial charge in [-0.2, -0.15) is 5.10 Å². The van der Waals surface area contributed by atoms with E-state index in [-0.39, 0.29) is 12.2 Å². The summed E-state index contributed by atoms with van der Waals surface area (Å²) in [4.78, 5) is 30.9. The third-order valence-electron chi connectivity index (χ3n) is 6.97. The third-order valence-corrected chi connectivity index (χ3v) is 6.97. The summed E-state index contributed by atoms with van der Waals surface area (Å²) in [6.07, 6.45) is 6.91. The number of imide groups is 1. The van der Waals surface area contributed by atoms with Gasteiger partial charge in [0.2, 0.25) is 0 Å². The number of pyridine rings is 1. The highest BCUT2D eigenvalue weighted by Gasteiger charge is 2.36. The third kappa shape index (κ3) is 4.52. The zero-order valence-corrected chi connectivity index (χ0v) is 21.3. The molecule has 39 heavy (non-hydrogen) atoms. The first kappa shape index (κ1) is 24.7. The number of aliphatic hydroxyl groups excluding tert-OH is 1. The second-order valence-electron chi connectivity index (χ2n) is 9.44. The Morgan fingerprint density at radius 2 is 1.59 bits per heavy atom. The fraction of sp³-hybridized carbons (Fsp3) is 0.200. The van der Waals surface area contributed by atoms with E-state index in [0.717, 1.165) is 47.0 Å². The molecule has 4 heterocycles. The molecule has 2 amide bonds. The quantitative estimate of drug-likeness (QED) is 0.192. The maximum absolute atomic E-state index is 13.3. The Kier molecular flexibility index (Phi) is 6.75. The van der Waals surface area contributed by atoms with Gasteiger partial charge in [0.05, 0.1) is 34.1 Å². The average molecular weight is 521 g/mol. The van der Waals surface area contributed by atoms with Crippen molar-refractivity contribution in [2.75, 3.05) is 19.7 Å². The lowest BCUT2D eigenvalue weighted by molar-refractivity contribution is -0.122. The van der Waals surface area contributed by atoms with E-state index in [0.29, 0.717) is 29.8 Å². The minimum absolute atomic E-state index is 0.166. The number of fused-ring (bicyclic) bond motifs is 2. The molecule has 0 spiro atoms. The van der Waals surface area contributed by atoms with Gasteiger partial charge in [0, 0.05) is 41.9 Å². The van der Waals surface area contributed by atoms with Crippen LogP contribution in [0.4, 0.5) is 0 Å². The average Bonchev–Trinajstić information content (AvgIpc) is 3.61. The zero-order valence-electron chi connectivity index (χ0n) is 21.3. The molecule has 0 unspecified atom stereocenters. The molecule has 3 N–H and O–H groups in total. The number of amides is 2. The first-order valence-corrected chi connectivity index (χ1v) is 13.1. The molecular weight excluding hydrogens is 492 g/mol. The van der Waals surface area contributed by atoms with Crippen LogP contribution >= 0.6 is 0 Å². The molecule has 0 saturated heterocycles. The van der Waals surface area contributed by atoms with Crippen LogP contribution in [0.1, 0.15) is 24.1 Å². The van der Waals surface area contributed by atoms with E-state index in [2.05, 4.69) is 15.6 Å². The summed E-state index contributed by atoms with van der Waals surface area (Å²) in [6, 6.07) is 19.4. The lowest BCUT2D eigenvalue weighted by atomic mass is 9.97. The number of nitrogens with zero attached hydrogens (tertiary/aromatic N) is 4. The molecule has 1 aliphatic rings. The molecule has 3 aromatic heterocycles. The highest BCUT2D eigenvalue weighted by Crippen LogP contribution is 2.38. The van der Waals surface area contributed by atoms with E-state index in [1.165, 1.54) is 0 Å². The highest BCUT2D eigenvalue weighted by molar-refractivity contribution is 6.50. The van der Waals surface area contributed by atoms with Gasteiger partial charge in [-0.3, -0.25) is 24.6 Å². The number of nitrogens with one attached hydrogen (secondary N) is 2. The summed E-state index contributed by atoms with van der Waals surface area (Å²) >= 11 is 0. The molecule has 9 nitrogen and oxygen atoms in total. The molecule has 0 bridgehead atoms. The monoisotopic (exact) mass is 520 g/mol. The summed E-state index contributed by atoms with van der Waals surface area (Å²) in [5.74, 6) is -0.884. The van der Waals surface area contributed by atoms with Crippen LogP contribution in [0.5, 0.6) is 0 Å². The number of aliphatic hydroxyl groups is 1. The van der Waals surface area contributed by atoms with Crippen molar-refractivity contribution in [1.82, 2.24) is 30.0 Å². The summed E-state index contributed by atoms with van der Waals surface area (Å²) in [6.45, 7) is 2.35. The van der Waals surface area contributed by atoms with Gasteiger partial charge in [0.25, 0.3) is 11.8 Å². The minimum Gasteiger partial charge on any atom is -0.396 e. The predicted octanol–water partition coefficient (Wildman–Crippen LogP) is 3.30. The second kappa shape index (κ2) is 10.6. The van der Waals surface area contributed by atoms with Crippen LogP contribution in [-0.2, 0) is 16.1 Å². The molecule has 196 valence electrons. The fourth-order valence-corrected chi connectivity index (χ4v) is 5.19. The van der Waals surface area contributed by atoms with Gasteiger partial charge < -0.3 is 15.0 Å². The van der Waals surface area contributed by atoms with Crippen molar-refractivity contribution in [3.05, 3.63) is 90.5 Å². The Labute approximate surface area is 224 Å². The van der Waals surface area contributed by atoms with E-state index in [9.17, 15) is 9.59 Å². The summed E-state index contributed by atoms with van der Waals surface area (Å²) < 4.78 is 3.89. The summed E-state index contributed by atoms with van der Waals surface area (Å²) in [5.41, 5.74) is 4.43. The van der Waals surface area contributed by atoms with Gasteiger partial charge in [-0.05, 0) is 50.2 Å². The van der Waals surface area contributed by atoms with E-state index >= 15 is 0 Å². The number of aryl methyl sites for hydroxylation is 1. The van der Waals surface area contributed by atoms with Crippen LogP contribution < -0.4 is 10.6 Å². The summed E-state index contributed by atoms with van der Waals surface area (Å²) in [5, 5.41) is 21.4. The van der Waals surface area contributed by atoms with Crippen LogP contribution in [0.3, 0.4) is 0 Å². The van der Waals surface area contributed by atoms with Gasteiger partial charge >= 0.3 is 0 Å². The number of hydrogen-bond donors (Lipinski definition) is 3. The van der Waals surface area contributed by atoms with Crippen LogP contribution in [0.25, 0.3) is 38.6 Å². The first-order chi connectivity index (χ1) is 19.2. The zero-order chi connectivity index (χ0) is 26.8. The molecule has 0 radical (unpaired) electrons. The van der Waals surface area contributed by atoms with Crippen LogP contribution in [0.2, 0.25) is 0 Å². The van der Waals surface area contributed by atoms with Gasteiger partial charge in [-0.25, -0.2) is 0 Å². The maximum atomic E-state index is 13.3. The number of carbonyl (C=O) groups is 2. The molecule has 2 aromatic carbocycles. The van der Waals surface area contributed by atoms with Crippen molar-refractivity contribution in [3.63, 3.8) is 0 Å². The smallest absolute Gasteiger partial charge is 0.261 e. The molecule has 0 fully saturated rings. The number of benzene rings is 2. The Morgan fingerprint density at radius 3 is 2.38 bits per heavy atom. The van der Waals surface area contributed by atoms with Crippen molar-refractivity contribution in [2.45, 2.75) is 19.4 Å². The number of hydrogen-bond acceptors (Lipinski definition) is 6. The Hall–Kier alpha value is -4.60. The molecule has 5 aromatic rings. The van der Waals surface area contributed by atoms with Gasteiger partial charge in [0.15, 0.2) is 0 Å². The second-order valence-corrected chi connectivity index (χ2v) is 9.44. The number of carbonyl (C=O) groups excluding carboxylic acids is 2. The van der Waals surface area contributed by atoms with Gasteiger partial charge in [0.1, 0.15) is 5.69 Å². The lowest BCUT2D eigenvalue weighted by Crippen LogP contribution is -2.23. The number of aromatic nitrogens is 4. The van der Waals surface area contributed by atoms with Crippen molar-refractivity contribution < 1.29 is 14.7 Å². The molecule has 0 aliphatic carbocycles.